The van der Waals surface area contributed by atoms with Crippen LogP contribution in [-0.2, 0) is 9.53 Å². The van der Waals surface area contributed by atoms with Crippen LogP contribution >= 0.6 is 23.2 Å². The third-order valence-electron chi connectivity index (χ3n) is 5.69. The van der Waals surface area contributed by atoms with Gasteiger partial charge in [0.05, 0.1) is 29.2 Å². The fourth-order valence-electron chi connectivity index (χ4n) is 4.24. The van der Waals surface area contributed by atoms with Crippen molar-refractivity contribution >= 4 is 29.1 Å². The number of benzene rings is 1. The number of nitrogens with zero attached hydrogens (tertiary/aromatic N) is 1. The maximum absolute atomic E-state index is 13.0. The zero-order chi connectivity index (χ0) is 20.3. The Morgan fingerprint density at radius 2 is 1.93 bits per heavy atom. The van der Waals surface area contributed by atoms with E-state index in [2.05, 4.69) is 0 Å². The highest BCUT2D eigenvalue weighted by Crippen LogP contribution is 2.47. The summed E-state index contributed by atoms with van der Waals surface area (Å²) in [5.41, 5.74) is 0.291. The quantitative estimate of drug-likeness (QED) is 0.655. The van der Waals surface area contributed by atoms with Gasteiger partial charge in [-0.25, -0.2) is 0 Å². The fourth-order valence-corrected chi connectivity index (χ4v) is 4.96. The van der Waals surface area contributed by atoms with Crippen LogP contribution in [-0.4, -0.2) is 49.5 Å². The number of hydrogen-bond donors (Lipinski definition) is 1. The Morgan fingerprint density at radius 3 is 2.57 bits per heavy atom. The molecule has 2 fully saturated rings. The van der Waals surface area contributed by atoms with Gasteiger partial charge in [-0.05, 0) is 19.3 Å². The van der Waals surface area contributed by atoms with Crippen molar-refractivity contribution < 1.29 is 24.1 Å². The van der Waals surface area contributed by atoms with Crippen molar-refractivity contribution in [3.8, 4) is 11.5 Å². The van der Waals surface area contributed by atoms with E-state index in [-0.39, 0.29) is 34.5 Å². The number of rotatable bonds is 7. The molecular formula is C20H27Cl2NO5. The van der Waals surface area contributed by atoms with Crippen LogP contribution in [0.25, 0.3) is 0 Å². The predicted molar refractivity (Wildman–Crippen MR) is 107 cm³/mol. The second-order valence-electron chi connectivity index (χ2n) is 7.33. The van der Waals surface area contributed by atoms with Crippen LogP contribution in [0.15, 0.2) is 6.07 Å². The third kappa shape index (κ3) is 4.20. The molecule has 1 heterocycles. The standard InChI is InChI=1S/C20H27Cl2NO5/c1-26-11-28-19-15(27-2)10-14(21)16(17(19)22)18(24)13-8-9-23(20(13)25)12-6-4-3-5-7-12/h10,12-13,18,24H,3-9,11H2,1-2H3. The van der Waals surface area contributed by atoms with Crippen LogP contribution in [0.3, 0.4) is 0 Å². The summed E-state index contributed by atoms with van der Waals surface area (Å²) in [6, 6.07) is 1.82. The number of hydrogen-bond acceptors (Lipinski definition) is 5. The highest BCUT2D eigenvalue weighted by Gasteiger charge is 2.42. The largest absolute Gasteiger partial charge is 0.493 e. The molecule has 8 heteroatoms. The Balaban J connectivity index is 1.85. The van der Waals surface area contributed by atoms with Gasteiger partial charge in [-0.3, -0.25) is 4.79 Å². The first kappa shape index (κ1) is 21.5. The molecule has 1 saturated carbocycles. The minimum atomic E-state index is -1.11. The molecule has 2 unspecified atom stereocenters. The van der Waals surface area contributed by atoms with Crippen LogP contribution in [0, 0.1) is 5.92 Å². The van der Waals surface area contributed by atoms with E-state index in [1.807, 2.05) is 4.90 Å². The minimum absolute atomic E-state index is 0.0262. The summed E-state index contributed by atoms with van der Waals surface area (Å²) in [6.45, 7) is 0.620. The number of amides is 1. The van der Waals surface area contributed by atoms with E-state index >= 15 is 0 Å². The van der Waals surface area contributed by atoms with E-state index < -0.39 is 12.0 Å². The summed E-state index contributed by atoms with van der Waals surface area (Å²) >= 11 is 12.9. The first-order valence-corrected chi connectivity index (χ1v) is 10.4. The average molecular weight is 432 g/mol. The number of methoxy groups -OCH3 is 2. The molecule has 156 valence electrons. The maximum Gasteiger partial charge on any atom is 0.228 e. The Morgan fingerprint density at radius 1 is 1.21 bits per heavy atom. The highest BCUT2D eigenvalue weighted by atomic mass is 35.5. The van der Waals surface area contributed by atoms with Crippen molar-refractivity contribution in [1.82, 2.24) is 4.90 Å². The van der Waals surface area contributed by atoms with E-state index in [1.54, 1.807) is 0 Å². The molecule has 1 aliphatic carbocycles. The first-order valence-electron chi connectivity index (χ1n) is 9.65. The van der Waals surface area contributed by atoms with Crippen molar-refractivity contribution in [2.24, 2.45) is 5.92 Å². The molecular weight excluding hydrogens is 405 g/mol. The minimum Gasteiger partial charge on any atom is -0.493 e. The van der Waals surface area contributed by atoms with Crippen LogP contribution in [0.2, 0.25) is 10.0 Å². The number of carbonyl (C=O) groups is 1. The molecule has 0 spiro atoms. The van der Waals surface area contributed by atoms with Crippen molar-refractivity contribution in [3.05, 3.63) is 21.7 Å². The number of aliphatic hydroxyl groups excluding tert-OH is 1. The van der Waals surface area contributed by atoms with Gasteiger partial charge in [0, 0.05) is 31.3 Å². The first-order chi connectivity index (χ1) is 13.5. The van der Waals surface area contributed by atoms with Crippen LogP contribution in [0.1, 0.15) is 50.2 Å². The summed E-state index contributed by atoms with van der Waals surface area (Å²) in [5, 5.41) is 11.4. The van der Waals surface area contributed by atoms with E-state index in [4.69, 9.17) is 37.4 Å². The predicted octanol–water partition coefficient (Wildman–Crippen LogP) is 4.20. The Kier molecular flexibility index (Phi) is 7.31. The van der Waals surface area contributed by atoms with E-state index in [9.17, 15) is 9.90 Å². The molecule has 0 bridgehead atoms. The fraction of sp³-hybridized carbons (Fsp3) is 0.650. The molecule has 3 rings (SSSR count). The summed E-state index contributed by atoms with van der Waals surface area (Å²) in [7, 11) is 2.96. The van der Waals surface area contributed by atoms with Gasteiger partial charge in [0.25, 0.3) is 0 Å². The molecule has 28 heavy (non-hydrogen) atoms. The monoisotopic (exact) mass is 431 g/mol. The molecule has 1 aromatic carbocycles. The summed E-state index contributed by atoms with van der Waals surface area (Å²) < 4.78 is 15.7. The highest BCUT2D eigenvalue weighted by molar-refractivity contribution is 6.37. The lowest BCUT2D eigenvalue weighted by atomic mass is 9.92. The second-order valence-corrected chi connectivity index (χ2v) is 8.12. The summed E-state index contributed by atoms with van der Waals surface area (Å²) in [6.07, 6.45) is 5.06. The van der Waals surface area contributed by atoms with Gasteiger partial charge in [-0.15, -0.1) is 0 Å². The van der Waals surface area contributed by atoms with E-state index in [0.717, 1.165) is 25.7 Å². The van der Waals surface area contributed by atoms with Gasteiger partial charge in [0.2, 0.25) is 5.91 Å². The zero-order valence-corrected chi connectivity index (χ0v) is 17.8. The number of carbonyl (C=O) groups excluding carboxylic acids is 1. The number of halogens is 2. The second kappa shape index (κ2) is 9.53. The third-order valence-corrected chi connectivity index (χ3v) is 6.38. The molecule has 1 saturated heterocycles. The number of aliphatic hydroxyl groups is 1. The van der Waals surface area contributed by atoms with E-state index in [1.165, 1.54) is 26.7 Å². The van der Waals surface area contributed by atoms with Crippen molar-refractivity contribution in [2.75, 3.05) is 27.6 Å². The lowest BCUT2D eigenvalue weighted by molar-refractivity contribution is -0.136. The van der Waals surface area contributed by atoms with Gasteiger partial charge in [-0.1, -0.05) is 42.5 Å². The lowest BCUT2D eigenvalue weighted by Crippen LogP contribution is -2.39. The molecule has 1 N–H and O–H groups in total. The normalized spacial score (nSPS) is 21.8. The average Bonchev–Trinajstić information content (AvgIpc) is 3.08. The molecule has 1 amide bonds. The number of ether oxygens (including phenoxy) is 3. The maximum atomic E-state index is 13.0. The van der Waals surface area contributed by atoms with Crippen LogP contribution in [0.5, 0.6) is 11.5 Å². The van der Waals surface area contributed by atoms with Crippen molar-refractivity contribution in [3.63, 3.8) is 0 Å². The summed E-state index contributed by atoms with van der Waals surface area (Å²) in [5.74, 6) is -0.0223. The van der Waals surface area contributed by atoms with E-state index in [0.29, 0.717) is 24.3 Å². The Bertz CT molecular complexity index is 708. The lowest BCUT2D eigenvalue weighted by Gasteiger charge is -2.31. The van der Waals surface area contributed by atoms with Gasteiger partial charge in [0.1, 0.15) is 0 Å². The molecule has 1 aromatic rings. The van der Waals surface area contributed by atoms with Gasteiger partial charge in [0.15, 0.2) is 18.3 Å². The van der Waals surface area contributed by atoms with Crippen molar-refractivity contribution in [2.45, 2.75) is 50.7 Å². The topological polar surface area (TPSA) is 68.2 Å². The Labute approximate surface area is 175 Å². The Hall–Kier alpha value is -1.21. The smallest absolute Gasteiger partial charge is 0.228 e. The van der Waals surface area contributed by atoms with Crippen LogP contribution in [0.4, 0.5) is 0 Å². The summed E-state index contributed by atoms with van der Waals surface area (Å²) in [4.78, 5) is 15.0. The SMILES string of the molecule is COCOc1c(OC)cc(Cl)c(C(O)C2CCN(C3CCCCC3)C2=O)c1Cl. The van der Waals surface area contributed by atoms with Gasteiger partial charge >= 0.3 is 0 Å². The molecule has 1 aliphatic heterocycles. The van der Waals surface area contributed by atoms with Gasteiger partial charge in [-0.2, -0.15) is 0 Å². The van der Waals surface area contributed by atoms with Crippen molar-refractivity contribution in [1.29, 1.82) is 0 Å². The van der Waals surface area contributed by atoms with Crippen LogP contribution < -0.4 is 9.47 Å². The molecule has 0 radical (unpaired) electrons. The number of likely N-dealkylation sites (tertiary alicyclic amines) is 1. The molecule has 2 aliphatic rings. The zero-order valence-electron chi connectivity index (χ0n) is 16.2. The molecule has 6 nitrogen and oxygen atoms in total. The van der Waals surface area contributed by atoms with Gasteiger partial charge < -0.3 is 24.2 Å². The molecule has 2 atom stereocenters. The molecule has 0 aromatic heterocycles.